The normalized spacial score (nSPS) is 12.6. The quantitative estimate of drug-likeness (QED) is 0.442. The molecule has 1 aromatic heterocycles. The Morgan fingerprint density at radius 3 is 2.07 bits per heavy atom. The maximum absolute atomic E-state index is 13.5. The van der Waals surface area contributed by atoms with Gasteiger partial charge in [0.05, 0.1) is 0 Å². The summed E-state index contributed by atoms with van der Waals surface area (Å²) in [7, 11) is 0. The molecule has 4 nitrogen and oxygen atoms in total. The fourth-order valence-corrected chi connectivity index (χ4v) is 3.66. The Labute approximate surface area is 166 Å². The molecule has 3 aromatic carbocycles. The summed E-state index contributed by atoms with van der Waals surface area (Å²) in [6.45, 7) is 1.97. The van der Waals surface area contributed by atoms with Crippen LogP contribution < -0.4 is 0 Å². The van der Waals surface area contributed by atoms with Gasteiger partial charge in [-0.2, -0.15) is 0 Å². The van der Waals surface area contributed by atoms with Crippen molar-refractivity contribution in [1.29, 1.82) is 0 Å². The average Bonchev–Trinajstić information content (AvgIpc) is 3.14. The van der Waals surface area contributed by atoms with E-state index in [2.05, 4.69) is 4.98 Å². The van der Waals surface area contributed by atoms with Gasteiger partial charge in [0.2, 0.25) is 11.6 Å². The van der Waals surface area contributed by atoms with E-state index in [1.165, 1.54) is 12.1 Å². The van der Waals surface area contributed by atoms with Crippen molar-refractivity contribution >= 4 is 11.6 Å². The number of carbonyl (C=O) groups excluding carboxylic acids is 2. The van der Waals surface area contributed by atoms with Crippen LogP contribution in [-0.2, 0) is 0 Å². The minimum Gasteiger partial charge on any atom is -0.289 e. The molecule has 1 heterocycles. The van der Waals surface area contributed by atoms with Gasteiger partial charge in [0.25, 0.3) is 0 Å². The van der Waals surface area contributed by atoms with Gasteiger partial charge in [-0.05, 0) is 43.3 Å². The first-order chi connectivity index (χ1) is 14.0. The van der Waals surface area contributed by atoms with Gasteiger partial charge in [-0.15, -0.1) is 0 Å². The van der Waals surface area contributed by atoms with Crippen LogP contribution in [0.25, 0.3) is 17.1 Å². The Morgan fingerprint density at radius 2 is 1.41 bits per heavy atom. The number of benzene rings is 3. The third kappa shape index (κ3) is 2.63. The van der Waals surface area contributed by atoms with Gasteiger partial charge >= 0.3 is 0 Å². The monoisotopic (exact) mass is 382 g/mol. The molecular weight excluding hydrogens is 367 g/mol. The van der Waals surface area contributed by atoms with Gasteiger partial charge in [-0.3, -0.25) is 14.2 Å². The molecule has 0 spiro atoms. The predicted octanol–water partition coefficient (Wildman–Crippen LogP) is 4.76. The van der Waals surface area contributed by atoms with Crippen LogP contribution in [0, 0.1) is 12.7 Å². The molecular formula is C24H15FN2O2. The molecule has 0 saturated carbocycles. The Balaban J connectivity index is 1.83. The molecule has 5 heteroatoms. The average molecular weight is 382 g/mol. The van der Waals surface area contributed by atoms with E-state index in [1.54, 1.807) is 41.0 Å². The lowest BCUT2D eigenvalue weighted by atomic mass is 9.90. The third-order valence-corrected chi connectivity index (χ3v) is 5.12. The molecule has 0 bridgehead atoms. The van der Waals surface area contributed by atoms with Crippen LogP contribution in [0.5, 0.6) is 0 Å². The Kier molecular flexibility index (Phi) is 3.77. The summed E-state index contributed by atoms with van der Waals surface area (Å²) in [6.07, 6.45) is 0. The highest BCUT2D eigenvalue weighted by Gasteiger charge is 2.36. The van der Waals surface area contributed by atoms with Crippen molar-refractivity contribution in [3.05, 3.63) is 107 Å². The van der Waals surface area contributed by atoms with E-state index >= 15 is 0 Å². The smallest absolute Gasteiger partial charge is 0.214 e. The van der Waals surface area contributed by atoms with Gasteiger partial charge in [-0.1, -0.05) is 42.0 Å². The molecule has 4 aromatic rings. The second kappa shape index (κ2) is 6.34. The molecule has 0 saturated heterocycles. The molecule has 29 heavy (non-hydrogen) atoms. The number of hydrogen-bond donors (Lipinski definition) is 0. The van der Waals surface area contributed by atoms with Crippen molar-refractivity contribution in [2.75, 3.05) is 0 Å². The zero-order valence-electron chi connectivity index (χ0n) is 15.5. The number of aromatic nitrogens is 2. The zero-order valence-corrected chi connectivity index (χ0v) is 15.5. The summed E-state index contributed by atoms with van der Waals surface area (Å²) in [5.41, 5.74) is 3.47. The van der Waals surface area contributed by atoms with Crippen LogP contribution in [0.4, 0.5) is 4.39 Å². The second-order valence-corrected chi connectivity index (χ2v) is 7.01. The van der Waals surface area contributed by atoms with Gasteiger partial charge in [-0.25, -0.2) is 9.37 Å². The molecule has 1 aliphatic rings. The summed E-state index contributed by atoms with van der Waals surface area (Å²) in [6, 6.07) is 20.2. The molecule has 0 aliphatic heterocycles. The lowest BCUT2D eigenvalue weighted by molar-refractivity contribution is 0.0972. The number of aryl methyl sites for hydroxylation is 1. The number of fused-ring (bicyclic) bond motifs is 2. The van der Waals surface area contributed by atoms with E-state index in [-0.39, 0.29) is 28.8 Å². The first kappa shape index (κ1) is 17.3. The van der Waals surface area contributed by atoms with Crippen molar-refractivity contribution in [2.24, 2.45) is 0 Å². The fraction of sp³-hybridized carbons (Fsp3) is 0.0417. The van der Waals surface area contributed by atoms with Gasteiger partial charge in [0, 0.05) is 22.4 Å². The van der Waals surface area contributed by atoms with E-state index in [0.29, 0.717) is 28.2 Å². The van der Waals surface area contributed by atoms with E-state index in [4.69, 9.17) is 0 Å². The van der Waals surface area contributed by atoms with Gasteiger partial charge < -0.3 is 0 Å². The summed E-state index contributed by atoms with van der Waals surface area (Å²) >= 11 is 0. The lowest BCUT2D eigenvalue weighted by Gasteiger charge is -2.16. The lowest BCUT2D eigenvalue weighted by Crippen LogP contribution is -2.22. The van der Waals surface area contributed by atoms with Crippen molar-refractivity contribution < 1.29 is 14.0 Å². The summed E-state index contributed by atoms with van der Waals surface area (Å²) in [5, 5.41) is 0. The van der Waals surface area contributed by atoms with E-state index in [1.807, 2.05) is 31.2 Å². The third-order valence-electron chi connectivity index (χ3n) is 5.12. The highest BCUT2D eigenvalue weighted by Crippen LogP contribution is 2.33. The van der Waals surface area contributed by atoms with E-state index < -0.39 is 0 Å². The number of imidazole rings is 1. The molecule has 0 fully saturated rings. The van der Waals surface area contributed by atoms with Crippen LogP contribution in [0.3, 0.4) is 0 Å². The number of rotatable bonds is 2. The number of halogens is 1. The molecule has 1 aliphatic carbocycles. The van der Waals surface area contributed by atoms with Crippen LogP contribution >= 0.6 is 0 Å². The first-order valence-electron chi connectivity index (χ1n) is 9.19. The van der Waals surface area contributed by atoms with E-state index in [0.717, 1.165) is 5.56 Å². The second-order valence-electron chi connectivity index (χ2n) is 7.01. The molecule has 0 unspecified atom stereocenters. The van der Waals surface area contributed by atoms with Crippen molar-refractivity contribution in [1.82, 2.24) is 9.55 Å². The number of ketones is 2. The Morgan fingerprint density at radius 1 is 0.793 bits per heavy atom. The van der Waals surface area contributed by atoms with Crippen molar-refractivity contribution in [3.8, 4) is 17.1 Å². The van der Waals surface area contributed by atoms with Crippen LogP contribution in [0.1, 0.15) is 37.7 Å². The van der Waals surface area contributed by atoms with Crippen molar-refractivity contribution in [3.63, 3.8) is 0 Å². The highest BCUT2D eigenvalue weighted by atomic mass is 19.1. The van der Waals surface area contributed by atoms with Gasteiger partial charge in [0.1, 0.15) is 23.0 Å². The molecule has 140 valence electrons. The molecule has 0 amide bonds. The van der Waals surface area contributed by atoms with Crippen molar-refractivity contribution in [2.45, 2.75) is 6.92 Å². The fourth-order valence-electron chi connectivity index (χ4n) is 3.66. The molecule has 0 radical (unpaired) electrons. The maximum Gasteiger partial charge on any atom is 0.214 e. The number of hydrogen-bond acceptors (Lipinski definition) is 3. The minimum atomic E-state index is -0.369. The van der Waals surface area contributed by atoms with E-state index in [9.17, 15) is 14.0 Å². The van der Waals surface area contributed by atoms with Crippen LogP contribution in [0.15, 0.2) is 72.8 Å². The largest absolute Gasteiger partial charge is 0.289 e. The maximum atomic E-state index is 13.5. The summed E-state index contributed by atoms with van der Waals surface area (Å²) < 4.78 is 15.2. The summed E-state index contributed by atoms with van der Waals surface area (Å²) in [4.78, 5) is 31.0. The number of nitrogens with zero attached hydrogens (tertiary/aromatic N) is 2. The topological polar surface area (TPSA) is 52.0 Å². The minimum absolute atomic E-state index is 0.119. The summed E-state index contributed by atoms with van der Waals surface area (Å²) in [5.74, 6) is -0.485. The zero-order chi connectivity index (χ0) is 20.1. The van der Waals surface area contributed by atoms with Gasteiger partial charge in [0.15, 0.2) is 0 Å². The predicted molar refractivity (Wildman–Crippen MR) is 107 cm³/mol. The standard InChI is InChI=1S/C24H15FN2O2/c1-14-6-12-17(13-7-14)27-21-20(26-24(27)15-8-10-16(25)11-9-15)22(28)18-4-2-3-5-19(18)23(21)29/h2-13H,1H3. The SMILES string of the molecule is Cc1ccc(-n2c(-c3ccc(F)cc3)nc3c2C(=O)c2ccccc2C3=O)cc1. The molecule has 0 atom stereocenters. The Hall–Kier alpha value is -3.86. The van der Waals surface area contributed by atoms with Crippen LogP contribution in [-0.4, -0.2) is 21.1 Å². The number of carbonyl (C=O) groups is 2. The molecule has 5 rings (SSSR count). The Bertz CT molecular complexity index is 1290. The molecule has 0 N–H and O–H groups in total. The highest BCUT2D eigenvalue weighted by molar-refractivity contribution is 6.27. The van der Waals surface area contributed by atoms with Crippen LogP contribution in [0.2, 0.25) is 0 Å². The first-order valence-corrected chi connectivity index (χ1v) is 9.19.